The minimum atomic E-state index is -3.65. The van der Waals surface area contributed by atoms with Gasteiger partial charge in [-0.25, -0.2) is 17.7 Å². The molecule has 158 valence electrons. The van der Waals surface area contributed by atoms with Gasteiger partial charge in [-0.3, -0.25) is 10.1 Å². The third-order valence-corrected chi connectivity index (χ3v) is 8.23. The number of carbonyl (C=O) groups excluding carboxylic acids is 1. The Balaban J connectivity index is 2.00. The number of aryl methyl sites for hydroxylation is 1. The van der Waals surface area contributed by atoms with Crippen LogP contribution in [0.1, 0.15) is 47.8 Å². The Morgan fingerprint density at radius 3 is 2.52 bits per heavy atom. The number of thiazole rings is 1. The molecule has 1 saturated carbocycles. The summed E-state index contributed by atoms with van der Waals surface area (Å²) in [6.07, 6.45) is 7.08. The highest BCUT2D eigenvalue weighted by Gasteiger charge is 2.26. The van der Waals surface area contributed by atoms with E-state index < -0.39 is 10.0 Å². The minimum absolute atomic E-state index is 0.101. The smallest absolute Gasteiger partial charge is 0.259 e. The van der Waals surface area contributed by atoms with Gasteiger partial charge in [-0.05, 0) is 37.5 Å². The largest absolute Gasteiger partial charge is 0.371 e. The first-order chi connectivity index (χ1) is 13.7. The van der Waals surface area contributed by atoms with Gasteiger partial charge in [0.15, 0.2) is 5.13 Å². The average molecular weight is 437 g/mol. The molecule has 9 heteroatoms. The fourth-order valence-corrected chi connectivity index (χ4v) is 5.23. The molecule has 0 aliphatic heterocycles. The molecule has 0 unspecified atom stereocenters. The quantitative estimate of drug-likeness (QED) is 0.717. The minimum Gasteiger partial charge on any atom is -0.371 e. The lowest BCUT2D eigenvalue weighted by Gasteiger charge is -2.28. The molecule has 1 heterocycles. The summed E-state index contributed by atoms with van der Waals surface area (Å²) >= 11 is 1.43. The number of hydrogen-bond donors (Lipinski definition) is 1. The monoisotopic (exact) mass is 436 g/mol. The highest BCUT2D eigenvalue weighted by atomic mass is 32.2. The second-order valence-electron chi connectivity index (χ2n) is 7.45. The van der Waals surface area contributed by atoms with Crippen LogP contribution in [0.3, 0.4) is 0 Å². The molecule has 0 spiro atoms. The number of hydrogen-bond acceptors (Lipinski definition) is 6. The molecule has 2 aromatic rings. The number of sulfonamides is 1. The molecule has 1 aliphatic rings. The maximum absolute atomic E-state index is 13.1. The van der Waals surface area contributed by atoms with E-state index in [0.717, 1.165) is 34.1 Å². The van der Waals surface area contributed by atoms with Crippen molar-refractivity contribution < 1.29 is 13.2 Å². The standard InChI is InChI=1S/C20H28N4O3S2/c1-5-15-13-21-20(28-15)22-19(25)17-12-16(29(26,27)23(2)3)10-11-18(17)24(4)14-8-6-7-9-14/h10-14H,5-9H2,1-4H3,(H,21,22,25). The second-order valence-corrected chi connectivity index (χ2v) is 10.7. The molecule has 1 amide bonds. The Bertz CT molecular complexity index is 979. The molecule has 7 nitrogen and oxygen atoms in total. The van der Waals surface area contributed by atoms with Gasteiger partial charge in [-0.1, -0.05) is 19.8 Å². The number of nitrogens with one attached hydrogen (secondary N) is 1. The number of rotatable bonds is 7. The molecule has 0 radical (unpaired) electrons. The molecule has 0 atom stereocenters. The molecule has 1 aromatic carbocycles. The van der Waals surface area contributed by atoms with E-state index in [1.165, 1.54) is 44.3 Å². The summed E-state index contributed by atoms with van der Waals surface area (Å²) in [5.41, 5.74) is 1.08. The van der Waals surface area contributed by atoms with Gasteiger partial charge in [0.2, 0.25) is 10.0 Å². The molecule has 1 fully saturated rings. The molecule has 3 rings (SSSR count). The Hall–Kier alpha value is -1.97. The molecular weight excluding hydrogens is 408 g/mol. The van der Waals surface area contributed by atoms with Crippen molar-refractivity contribution in [3.63, 3.8) is 0 Å². The van der Waals surface area contributed by atoms with Crippen LogP contribution in [0, 0.1) is 0 Å². The van der Waals surface area contributed by atoms with Crippen LogP contribution in [0.5, 0.6) is 0 Å². The van der Waals surface area contributed by atoms with Gasteiger partial charge >= 0.3 is 0 Å². The SMILES string of the molecule is CCc1cnc(NC(=O)c2cc(S(=O)(=O)N(C)C)ccc2N(C)C2CCCC2)s1. The molecule has 1 N–H and O–H groups in total. The zero-order chi connectivity index (χ0) is 21.2. The van der Waals surface area contributed by atoms with Crippen molar-refractivity contribution in [2.75, 3.05) is 31.4 Å². The fourth-order valence-electron chi connectivity index (χ4n) is 3.56. The van der Waals surface area contributed by atoms with Gasteiger partial charge < -0.3 is 4.90 Å². The van der Waals surface area contributed by atoms with Gasteiger partial charge in [0.25, 0.3) is 5.91 Å². The van der Waals surface area contributed by atoms with Crippen molar-refractivity contribution in [1.29, 1.82) is 0 Å². The van der Waals surface area contributed by atoms with E-state index in [4.69, 9.17) is 0 Å². The van der Waals surface area contributed by atoms with Crippen molar-refractivity contribution in [2.45, 2.75) is 50.0 Å². The van der Waals surface area contributed by atoms with Crippen LogP contribution in [0.2, 0.25) is 0 Å². The Labute approximate surface area is 176 Å². The van der Waals surface area contributed by atoms with Crippen LogP contribution in [0.15, 0.2) is 29.3 Å². The van der Waals surface area contributed by atoms with Crippen molar-refractivity contribution in [3.05, 3.63) is 34.8 Å². The van der Waals surface area contributed by atoms with E-state index in [9.17, 15) is 13.2 Å². The van der Waals surface area contributed by atoms with Gasteiger partial charge in [0.1, 0.15) is 0 Å². The molecule has 0 saturated heterocycles. The number of anilines is 2. The van der Waals surface area contributed by atoms with Gasteiger partial charge in [0.05, 0.1) is 10.5 Å². The van der Waals surface area contributed by atoms with Crippen LogP contribution in [0.25, 0.3) is 0 Å². The number of carbonyl (C=O) groups is 1. The summed E-state index contributed by atoms with van der Waals surface area (Å²) in [6, 6.07) is 5.14. The summed E-state index contributed by atoms with van der Waals surface area (Å²) in [6.45, 7) is 2.03. The Morgan fingerprint density at radius 1 is 1.24 bits per heavy atom. The normalized spacial score (nSPS) is 15.1. The van der Waals surface area contributed by atoms with Crippen molar-refractivity contribution >= 4 is 38.1 Å². The second kappa shape index (κ2) is 8.81. The van der Waals surface area contributed by atoms with Crippen molar-refractivity contribution in [2.24, 2.45) is 0 Å². The predicted octanol–water partition coefficient (Wildman–Crippen LogP) is 3.59. The van der Waals surface area contributed by atoms with E-state index in [1.54, 1.807) is 18.3 Å². The Morgan fingerprint density at radius 2 is 1.93 bits per heavy atom. The predicted molar refractivity (Wildman–Crippen MR) is 117 cm³/mol. The number of amides is 1. The zero-order valence-electron chi connectivity index (χ0n) is 17.3. The summed E-state index contributed by atoms with van der Waals surface area (Å²) in [5, 5.41) is 3.36. The summed E-state index contributed by atoms with van der Waals surface area (Å²) in [4.78, 5) is 20.7. The summed E-state index contributed by atoms with van der Waals surface area (Å²) in [7, 11) is 1.29. The van der Waals surface area contributed by atoms with E-state index in [0.29, 0.717) is 16.7 Å². The summed E-state index contributed by atoms with van der Waals surface area (Å²) < 4.78 is 26.4. The van der Waals surface area contributed by atoms with E-state index in [2.05, 4.69) is 15.2 Å². The van der Waals surface area contributed by atoms with Crippen LogP contribution < -0.4 is 10.2 Å². The number of benzene rings is 1. The first-order valence-electron chi connectivity index (χ1n) is 9.79. The molecule has 29 heavy (non-hydrogen) atoms. The maximum atomic E-state index is 13.1. The number of nitrogens with zero attached hydrogens (tertiary/aromatic N) is 3. The lowest BCUT2D eigenvalue weighted by Crippen LogP contribution is -2.31. The van der Waals surface area contributed by atoms with Gasteiger partial charge in [-0.2, -0.15) is 0 Å². The first-order valence-corrected chi connectivity index (χ1v) is 12.0. The highest BCUT2D eigenvalue weighted by molar-refractivity contribution is 7.89. The maximum Gasteiger partial charge on any atom is 0.259 e. The van der Waals surface area contributed by atoms with E-state index in [1.807, 2.05) is 14.0 Å². The van der Waals surface area contributed by atoms with Crippen LogP contribution >= 0.6 is 11.3 Å². The fraction of sp³-hybridized carbons (Fsp3) is 0.500. The zero-order valence-corrected chi connectivity index (χ0v) is 18.9. The van der Waals surface area contributed by atoms with Crippen molar-refractivity contribution in [1.82, 2.24) is 9.29 Å². The van der Waals surface area contributed by atoms with Gasteiger partial charge in [0, 0.05) is 43.9 Å². The number of aromatic nitrogens is 1. The molecular formula is C20H28N4O3S2. The van der Waals surface area contributed by atoms with Crippen molar-refractivity contribution in [3.8, 4) is 0 Å². The molecule has 0 bridgehead atoms. The molecule has 1 aliphatic carbocycles. The average Bonchev–Trinajstić information content (AvgIpc) is 3.38. The van der Waals surface area contributed by atoms with E-state index >= 15 is 0 Å². The lowest BCUT2D eigenvalue weighted by atomic mass is 10.1. The summed E-state index contributed by atoms with van der Waals surface area (Å²) in [5.74, 6) is -0.349. The van der Waals surface area contributed by atoms with Gasteiger partial charge in [-0.15, -0.1) is 11.3 Å². The Kier molecular flexibility index (Phi) is 6.60. The first kappa shape index (κ1) is 21.7. The van der Waals surface area contributed by atoms with Crippen LogP contribution in [0.4, 0.5) is 10.8 Å². The highest BCUT2D eigenvalue weighted by Crippen LogP contribution is 2.32. The van der Waals surface area contributed by atoms with Crippen LogP contribution in [-0.2, 0) is 16.4 Å². The van der Waals surface area contributed by atoms with E-state index in [-0.39, 0.29) is 10.8 Å². The lowest BCUT2D eigenvalue weighted by molar-refractivity contribution is 0.102. The third kappa shape index (κ3) is 4.62. The third-order valence-electron chi connectivity index (χ3n) is 5.37. The topological polar surface area (TPSA) is 82.6 Å². The molecule has 1 aromatic heterocycles. The van der Waals surface area contributed by atoms with Crippen LogP contribution in [-0.4, -0.2) is 50.8 Å².